The molecule has 2 rings (SSSR count). The maximum absolute atomic E-state index is 11.6. The van der Waals surface area contributed by atoms with Gasteiger partial charge in [0.05, 0.1) is 17.6 Å². The third-order valence-corrected chi connectivity index (χ3v) is 5.62. The molecular formula is C14H21NO3S. The molecule has 1 aliphatic rings. The highest BCUT2D eigenvalue weighted by Crippen LogP contribution is 2.18. The van der Waals surface area contributed by atoms with Crippen molar-refractivity contribution >= 4 is 9.84 Å². The van der Waals surface area contributed by atoms with Gasteiger partial charge in [-0.05, 0) is 37.9 Å². The molecule has 106 valence electrons. The summed E-state index contributed by atoms with van der Waals surface area (Å²) in [6.45, 7) is 2.01. The first-order chi connectivity index (χ1) is 9.18. The first-order valence-corrected chi connectivity index (χ1v) is 8.50. The Hall–Kier alpha value is -1.07. The molecule has 0 radical (unpaired) electrons. The summed E-state index contributed by atoms with van der Waals surface area (Å²) in [6.07, 6.45) is 2.49. The van der Waals surface area contributed by atoms with Crippen molar-refractivity contribution in [3.05, 3.63) is 30.3 Å². The van der Waals surface area contributed by atoms with Crippen molar-refractivity contribution < 1.29 is 13.2 Å². The van der Waals surface area contributed by atoms with E-state index in [1.807, 2.05) is 30.3 Å². The van der Waals surface area contributed by atoms with E-state index in [2.05, 4.69) is 5.32 Å². The van der Waals surface area contributed by atoms with Crippen LogP contribution < -0.4 is 10.1 Å². The van der Waals surface area contributed by atoms with Crippen LogP contribution in [0.4, 0.5) is 0 Å². The molecule has 0 bridgehead atoms. The molecule has 0 amide bonds. The Labute approximate surface area is 115 Å². The molecule has 1 atom stereocenters. The second kappa shape index (κ2) is 6.91. The lowest BCUT2D eigenvalue weighted by Crippen LogP contribution is -2.31. The quantitative estimate of drug-likeness (QED) is 0.773. The van der Waals surface area contributed by atoms with Crippen molar-refractivity contribution in [1.82, 2.24) is 5.32 Å². The molecular weight excluding hydrogens is 262 g/mol. The van der Waals surface area contributed by atoms with Crippen LogP contribution in [0.5, 0.6) is 5.75 Å². The van der Waals surface area contributed by atoms with Crippen molar-refractivity contribution in [2.75, 3.05) is 25.4 Å². The number of rotatable bonds is 7. The largest absolute Gasteiger partial charge is 0.494 e. The molecule has 1 unspecified atom stereocenters. The van der Waals surface area contributed by atoms with Gasteiger partial charge in [-0.15, -0.1) is 0 Å². The number of nitrogens with one attached hydrogen (secondary N) is 1. The van der Waals surface area contributed by atoms with Crippen molar-refractivity contribution in [2.45, 2.75) is 24.5 Å². The zero-order valence-corrected chi connectivity index (χ0v) is 11.9. The van der Waals surface area contributed by atoms with Crippen LogP contribution in [0, 0.1) is 0 Å². The number of benzene rings is 1. The van der Waals surface area contributed by atoms with Gasteiger partial charge in [-0.2, -0.15) is 0 Å². The summed E-state index contributed by atoms with van der Waals surface area (Å²) in [7, 11) is -2.82. The summed E-state index contributed by atoms with van der Waals surface area (Å²) < 4.78 is 28.8. The Morgan fingerprint density at radius 2 is 2.05 bits per heavy atom. The zero-order chi connectivity index (χ0) is 13.6. The van der Waals surface area contributed by atoms with Gasteiger partial charge in [0.1, 0.15) is 5.75 Å². The summed E-state index contributed by atoms with van der Waals surface area (Å²) in [5.41, 5.74) is 0. The lowest BCUT2D eigenvalue weighted by molar-refractivity contribution is 0.308. The van der Waals surface area contributed by atoms with Crippen LogP contribution >= 0.6 is 0 Å². The fourth-order valence-electron chi connectivity index (χ4n) is 2.25. The predicted octanol–water partition coefficient (Wildman–Crippen LogP) is 1.62. The van der Waals surface area contributed by atoms with E-state index in [0.29, 0.717) is 18.9 Å². The molecule has 1 saturated heterocycles. The third-order valence-electron chi connectivity index (χ3n) is 3.34. The fourth-order valence-corrected chi connectivity index (χ4v) is 4.05. The Morgan fingerprint density at radius 1 is 1.26 bits per heavy atom. The minimum atomic E-state index is -2.82. The molecule has 1 aromatic carbocycles. The van der Waals surface area contributed by atoms with E-state index >= 15 is 0 Å². The summed E-state index contributed by atoms with van der Waals surface area (Å²) in [5.74, 6) is 1.23. The van der Waals surface area contributed by atoms with Gasteiger partial charge in [0.2, 0.25) is 0 Å². The summed E-state index contributed by atoms with van der Waals surface area (Å²) >= 11 is 0. The van der Waals surface area contributed by atoms with Gasteiger partial charge in [-0.3, -0.25) is 0 Å². The van der Waals surface area contributed by atoms with Crippen LogP contribution in [0.15, 0.2) is 30.3 Å². The number of hydrogen-bond donors (Lipinski definition) is 1. The first-order valence-electron chi connectivity index (χ1n) is 6.78. The summed E-state index contributed by atoms with van der Waals surface area (Å²) in [5, 5.41) is 3.03. The molecule has 0 spiro atoms. The van der Waals surface area contributed by atoms with E-state index in [9.17, 15) is 8.42 Å². The Kier molecular flexibility index (Phi) is 5.22. The highest BCUT2D eigenvalue weighted by Gasteiger charge is 2.30. The maximum Gasteiger partial charge on any atom is 0.154 e. The fraction of sp³-hybridized carbons (Fsp3) is 0.571. The number of sulfone groups is 1. The van der Waals surface area contributed by atoms with Crippen molar-refractivity contribution in [2.24, 2.45) is 0 Å². The van der Waals surface area contributed by atoms with Gasteiger partial charge in [0.25, 0.3) is 0 Å². The molecule has 0 saturated carbocycles. The minimum Gasteiger partial charge on any atom is -0.494 e. The topological polar surface area (TPSA) is 55.4 Å². The standard InChI is InChI=1S/C14H21NO3S/c16-19(17)11-4-8-14(19)12-15-9-5-10-18-13-6-2-1-3-7-13/h1-3,6-7,14-15H,4-5,8-12H2. The van der Waals surface area contributed by atoms with Gasteiger partial charge in [0, 0.05) is 6.54 Å². The highest BCUT2D eigenvalue weighted by atomic mass is 32.2. The summed E-state index contributed by atoms with van der Waals surface area (Å²) in [4.78, 5) is 0. The molecule has 4 nitrogen and oxygen atoms in total. The Balaban J connectivity index is 1.55. The van der Waals surface area contributed by atoms with Crippen molar-refractivity contribution in [1.29, 1.82) is 0 Å². The van der Waals surface area contributed by atoms with E-state index in [1.165, 1.54) is 0 Å². The van der Waals surface area contributed by atoms with Crippen molar-refractivity contribution in [3.63, 3.8) is 0 Å². The van der Waals surface area contributed by atoms with E-state index in [4.69, 9.17) is 4.74 Å². The van der Waals surface area contributed by atoms with Gasteiger partial charge in [-0.1, -0.05) is 18.2 Å². The predicted molar refractivity (Wildman–Crippen MR) is 76.2 cm³/mol. The summed E-state index contributed by atoms with van der Waals surface area (Å²) in [6, 6.07) is 9.70. The van der Waals surface area contributed by atoms with Gasteiger partial charge in [-0.25, -0.2) is 8.42 Å². The van der Waals surface area contributed by atoms with E-state index in [0.717, 1.165) is 31.6 Å². The molecule has 0 aliphatic carbocycles. The molecule has 19 heavy (non-hydrogen) atoms. The molecule has 1 aliphatic heterocycles. The third kappa shape index (κ3) is 4.51. The second-order valence-electron chi connectivity index (χ2n) is 4.85. The zero-order valence-electron chi connectivity index (χ0n) is 11.0. The van der Waals surface area contributed by atoms with Crippen LogP contribution in [0.1, 0.15) is 19.3 Å². The SMILES string of the molecule is O=S1(=O)CCCC1CNCCCOc1ccccc1. The van der Waals surface area contributed by atoms with E-state index < -0.39 is 9.84 Å². The average Bonchev–Trinajstić information content (AvgIpc) is 2.74. The Morgan fingerprint density at radius 3 is 2.74 bits per heavy atom. The Bertz CT molecular complexity index is 473. The number of para-hydroxylation sites is 1. The van der Waals surface area contributed by atoms with Crippen LogP contribution in [0.2, 0.25) is 0 Å². The lowest BCUT2D eigenvalue weighted by atomic mass is 10.2. The van der Waals surface area contributed by atoms with Crippen LogP contribution in [0.25, 0.3) is 0 Å². The molecule has 1 fully saturated rings. The van der Waals surface area contributed by atoms with Crippen molar-refractivity contribution in [3.8, 4) is 5.75 Å². The van der Waals surface area contributed by atoms with Crippen LogP contribution in [-0.2, 0) is 9.84 Å². The van der Waals surface area contributed by atoms with Gasteiger partial charge >= 0.3 is 0 Å². The van der Waals surface area contributed by atoms with Crippen LogP contribution in [-0.4, -0.2) is 39.1 Å². The molecule has 1 N–H and O–H groups in total. The second-order valence-corrected chi connectivity index (χ2v) is 7.25. The monoisotopic (exact) mass is 283 g/mol. The maximum atomic E-state index is 11.6. The average molecular weight is 283 g/mol. The molecule has 1 heterocycles. The van der Waals surface area contributed by atoms with Gasteiger partial charge < -0.3 is 10.1 Å². The molecule has 0 aromatic heterocycles. The molecule has 1 aromatic rings. The minimum absolute atomic E-state index is 0.178. The lowest BCUT2D eigenvalue weighted by Gasteiger charge is -2.11. The normalized spacial score (nSPS) is 21.4. The first kappa shape index (κ1) is 14.3. The van der Waals surface area contributed by atoms with Gasteiger partial charge in [0.15, 0.2) is 9.84 Å². The van der Waals surface area contributed by atoms with Crippen LogP contribution in [0.3, 0.4) is 0 Å². The highest BCUT2D eigenvalue weighted by molar-refractivity contribution is 7.92. The number of ether oxygens (including phenoxy) is 1. The van der Waals surface area contributed by atoms with E-state index in [-0.39, 0.29) is 5.25 Å². The van der Waals surface area contributed by atoms with E-state index in [1.54, 1.807) is 0 Å². The number of hydrogen-bond acceptors (Lipinski definition) is 4. The molecule has 5 heteroatoms. The smallest absolute Gasteiger partial charge is 0.154 e.